The van der Waals surface area contributed by atoms with Crippen molar-refractivity contribution >= 4 is 6.29 Å². The van der Waals surface area contributed by atoms with Crippen LogP contribution in [0.3, 0.4) is 0 Å². The lowest BCUT2D eigenvalue weighted by molar-refractivity contribution is -0.139. The van der Waals surface area contributed by atoms with Crippen molar-refractivity contribution in [2.45, 2.75) is 13.1 Å². The van der Waals surface area contributed by atoms with Crippen molar-refractivity contribution < 1.29 is 27.4 Å². The van der Waals surface area contributed by atoms with Crippen molar-refractivity contribution in [1.82, 2.24) is 0 Å². The molecule has 0 atom stereocenters. The molecular weight excluding hydrogens is 237 g/mol. The molecule has 0 heterocycles. The van der Waals surface area contributed by atoms with Gasteiger partial charge in [-0.1, -0.05) is 0 Å². The molecular formula is C11H11F3O3. The van der Waals surface area contributed by atoms with E-state index < -0.39 is 11.7 Å². The number of aldehydes is 1. The van der Waals surface area contributed by atoms with Gasteiger partial charge in [-0.2, -0.15) is 13.2 Å². The van der Waals surface area contributed by atoms with E-state index in [0.717, 1.165) is 12.1 Å². The molecule has 0 unspecified atom stereocenters. The first-order valence-electron chi connectivity index (χ1n) is 4.86. The fourth-order valence-corrected chi connectivity index (χ4v) is 1.16. The summed E-state index contributed by atoms with van der Waals surface area (Å²) in [4.78, 5) is 10.4. The summed E-state index contributed by atoms with van der Waals surface area (Å²) in [5.41, 5.74) is -1.04. The molecule has 0 aromatic heterocycles. The second-order valence-corrected chi connectivity index (χ2v) is 3.13. The van der Waals surface area contributed by atoms with Gasteiger partial charge < -0.3 is 9.47 Å². The lowest BCUT2D eigenvalue weighted by atomic mass is 10.1. The van der Waals surface area contributed by atoms with Gasteiger partial charge in [0.05, 0.1) is 5.56 Å². The Morgan fingerprint density at radius 3 is 2.59 bits per heavy atom. The van der Waals surface area contributed by atoms with E-state index in [1.54, 1.807) is 6.92 Å². The highest BCUT2D eigenvalue weighted by molar-refractivity contribution is 5.75. The molecule has 1 aromatic rings. The van der Waals surface area contributed by atoms with Gasteiger partial charge >= 0.3 is 6.18 Å². The van der Waals surface area contributed by atoms with Crippen LogP contribution in [0.4, 0.5) is 13.2 Å². The summed E-state index contributed by atoms with van der Waals surface area (Å²) in [6.07, 6.45) is -4.22. The van der Waals surface area contributed by atoms with Crippen LogP contribution in [0.1, 0.15) is 22.8 Å². The molecule has 1 aromatic carbocycles. The molecule has 0 aliphatic heterocycles. The van der Waals surface area contributed by atoms with Gasteiger partial charge in [-0.15, -0.1) is 0 Å². The minimum atomic E-state index is -4.57. The monoisotopic (exact) mass is 248 g/mol. The highest BCUT2D eigenvalue weighted by atomic mass is 19.4. The maximum Gasteiger partial charge on any atom is 0.419 e. The first-order valence-corrected chi connectivity index (χ1v) is 4.86. The van der Waals surface area contributed by atoms with Crippen molar-refractivity contribution in [2.75, 3.05) is 13.4 Å². The molecule has 0 amide bonds. The second-order valence-electron chi connectivity index (χ2n) is 3.13. The number of carbonyl (C=O) groups is 1. The van der Waals surface area contributed by atoms with E-state index in [-0.39, 0.29) is 18.1 Å². The summed E-state index contributed by atoms with van der Waals surface area (Å²) < 4.78 is 47.6. The molecule has 0 N–H and O–H groups in total. The average molecular weight is 248 g/mol. The van der Waals surface area contributed by atoms with Crippen LogP contribution in [0.5, 0.6) is 5.75 Å². The molecule has 0 aliphatic rings. The lowest BCUT2D eigenvalue weighted by Gasteiger charge is -2.14. The maximum absolute atomic E-state index is 12.6. The Morgan fingerprint density at radius 2 is 2.06 bits per heavy atom. The fourth-order valence-electron chi connectivity index (χ4n) is 1.16. The molecule has 1 rings (SSSR count). The number of hydrogen-bond acceptors (Lipinski definition) is 3. The molecule has 0 bridgehead atoms. The number of carbonyl (C=O) groups excluding carboxylic acids is 1. The van der Waals surface area contributed by atoms with E-state index >= 15 is 0 Å². The van der Waals surface area contributed by atoms with Gasteiger partial charge in [-0.25, -0.2) is 0 Å². The number of alkyl halides is 3. The molecule has 0 saturated carbocycles. The molecule has 94 valence electrons. The zero-order valence-corrected chi connectivity index (χ0v) is 9.08. The van der Waals surface area contributed by atoms with Crippen molar-refractivity contribution in [1.29, 1.82) is 0 Å². The van der Waals surface area contributed by atoms with E-state index in [1.807, 2.05) is 0 Å². The van der Waals surface area contributed by atoms with Gasteiger partial charge in [-0.3, -0.25) is 4.79 Å². The van der Waals surface area contributed by atoms with E-state index in [4.69, 9.17) is 9.47 Å². The molecule has 0 saturated heterocycles. The predicted molar refractivity (Wildman–Crippen MR) is 54.0 cm³/mol. The number of halogens is 3. The number of benzene rings is 1. The Bertz CT molecular complexity index is 388. The molecule has 6 heteroatoms. The largest absolute Gasteiger partial charge is 0.467 e. The first-order chi connectivity index (χ1) is 7.99. The van der Waals surface area contributed by atoms with Crippen molar-refractivity contribution in [2.24, 2.45) is 0 Å². The highest BCUT2D eigenvalue weighted by Crippen LogP contribution is 2.36. The minimum Gasteiger partial charge on any atom is -0.467 e. The Labute approximate surface area is 96.1 Å². The van der Waals surface area contributed by atoms with E-state index in [0.29, 0.717) is 12.9 Å². The van der Waals surface area contributed by atoms with Crippen molar-refractivity contribution in [3.63, 3.8) is 0 Å². The van der Waals surface area contributed by atoms with Gasteiger partial charge in [0.1, 0.15) is 12.0 Å². The Hall–Kier alpha value is -1.56. The van der Waals surface area contributed by atoms with E-state index in [9.17, 15) is 18.0 Å². The van der Waals surface area contributed by atoms with Crippen LogP contribution in [0, 0.1) is 0 Å². The summed E-state index contributed by atoms with van der Waals surface area (Å²) in [6, 6.07) is 3.10. The molecule has 0 spiro atoms. The standard InChI is InChI=1S/C11H11F3O3/c1-2-16-7-17-10-4-3-8(6-15)5-9(10)11(12,13)14/h3-6H,2,7H2,1H3. The third-order valence-electron chi connectivity index (χ3n) is 1.95. The quantitative estimate of drug-likeness (QED) is 0.456. The third kappa shape index (κ3) is 3.74. The Balaban J connectivity index is 2.98. The Morgan fingerprint density at radius 1 is 1.35 bits per heavy atom. The molecule has 0 aliphatic carbocycles. The van der Waals surface area contributed by atoms with E-state index in [2.05, 4.69) is 0 Å². The lowest BCUT2D eigenvalue weighted by Crippen LogP contribution is -2.11. The first kappa shape index (κ1) is 13.5. The predicted octanol–water partition coefficient (Wildman–Crippen LogP) is 2.89. The SMILES string of the molecule is CCOCOc1ccc(C=O)cc1C(F)(F)F. The normalized spacial score (nSPS) is 11.3. The second kappa shape index (κ2) is 5.67. The fraction of sp³-hybridized carbons (Fsp3) is 0.364. The molecule has 0 radical (unpaired) electrons. The summed E-state index contributed by atoms with van der Waals surface area (Å²) >= 11 is 0. The summed E-state index contributed by atoms with van der Waals surface area (Å²) in [7, 11) is 0. The number of rotatable bonds is 5. The van der Waals surface area contributed by atoms with Crippen LogP contribution >= 0.6 is 0 Å². The number of ether oxygens (including phenoxy) is 2. The van der Waals surface area contributed by atoms with Crippen LogP contribution in [-0.2, 0) is 10.9 Å². The van der Waals surface area contributed by atoms with Gasteiger partial charge in [-0.05, 0) is 25.1 Å². The van der Waals surface area contributed by atoms with Crippen molar-refractivity contribution in [3.8, 4) is 5.75 Å². The Kier molecular flexibility index (Phi) is 4.51. The smallest absolute Gasteiger partial charge is 0.419 e. The van der Waals surface area contributed by atoms with Crippen LogP contribution in [-0.4, -0.2) is 19.7 Å². The summed E-state index contributed by atoms with van der Waals surface area (Å²) in [5.74, 6) is -0.350. The summed E-state index contributed by atoms with van der Waals surface area (Å²) in [6.45, 7) is 1.78. The van der Waals surface area contributed by atoms with Crippen LogP contribution in [0.2, 0.25) is 0 Å². The summed E-state index contributed by atoms with van der Waals surface area (Å²) in [5, 5.41) is 0. The van der Waals surface area contributed by atoms with Crippen LogP contribution in [0.15, 0.2) is 18.2 Å². The van der Waals surface area contributed by atoms with Gasteiger partial charge in [0.2, 0.25) is 0 Å². The molecule has 3 nitrogen and oxygen atoms in total. The molecule has 0 fully saturated rings. The molecule has 17 heavy (non-hydrogen) atoms. The third-order valence-corrected chi connectivity index (χ3v) is 1.95. The van der Waals surface area contributed by atoms with Crippen LogP contribution in [0.25, 0.3) is 0 Å². The van der Waals surface area contributed by atoms with E-state index in [1.165, 1.54) is 6.07 Å². The van der Waals surface area contributed by atoms with Gasteiger partial charge in [0.25, 0.3) is 0 Å². The number of hydrogen-bond donors (Lipinski definition) is 0. The van der Waals surface area contributed by atoms with Gasteiger partial charge in [0, 0.05) is 12.2 Å². The van der Waals surface area contributed by atoms with Crippen LogP contribution < -0.4 is 4.74 Å². The zero-order valence-electron chi connectivity index (χ0n) is 9.08. The topological polar surface area (TPSA) is 35.5 Å². The van der Waals surface area contributed by atoms with Crippen molar-refractivity contribution in [3.05, 3.63) is 29.3 Å². The average Bonchev–Trinajstić information content (AvgIpc) is 2.28. The zero-order chi connectivity index (χ0) is 12.9. The highest BCUT2D eigenvalue weighted by Gasteiger charge is 2.34. The maximum atomic E-state index is 12.6. The van der Waals surface area contributed by atoms with Gasteiger partial charge in [0.15, 0.2) is 6.79 Å². The minimum absolute atomic E-state index is 0.0546.